The molecule has 92 valence electrons. The van der Waals surface area contributed by atoms with Crippen LogP contribution in [0.5, 0.6) is 0 Å². The molecule has 1 aliphatic rings. The molecule has 0 heterocycles. The van der Waals surface area contributed by atoms with Gasteiger partial charge >= 0.3 is 0 Å². The Kier molecular flexibility index (Phi) is 5.16. The van der Waals surface area contributed by atoms with Crippen molar-refractivity contribution in [2.24, 2.45) is 16.1 Å². The monoisotopic (exact) mass is 223 g/mol. The van der Waals surface area contributed by atoms with Crippen LogP contribution in [0.3, 0.4) is 0 Å². The van der Waals surface area contributed by atoms with Crippen LogP contribution in [0.4, 0.5) is 0 Å². The third-order valence-corrected chi connectivity index (χ3v) is 3.55. The lowest BCUT2D eigenvalue weighted by Gasteiger charge is -2.17. The average Bonchev–Trinajstić information content (AvgIpc) is 3.02. The third kappa shape index (κ3) is 4.06. The van der Waals surface area contributed by atoms with E-state index >= 15 is 0 Å². The number of nitrogens with two attached hydrogens (primary N) is 1. The lowest BCUT2D eigenvalue weighted by molar-refractivity contribution is 0.304. The van der Waals surface area contributed by atoms with Crippen LogP contribution < -0.4 is 5.73 Å². The van der Waals surface area contributed by atoms with E-state index in [4.69, 9.17) is 5.73 Å². The number of hydrogen-bond acceptors (Lipinski definition) is 3. The van der Waals surface area contributed by atoms with Crippen molar-refractivity contribution in [3.05, 3.63) is 12.2 Å². The molecule has 1 rings (SSSR count). The van der Waals surface area contributed by atoms with Gasteiger partial charge in [-0.15, -0.1) is 0 Å². The van der Waals surface area contributed by atoms with Crippen molar-refractivity contribution in [3.63, 3.8) is 0 Å². The van der Waals surface area contributed by atoms with Crippen molar-refractivity contribution in [1.29, 1.82) is 0 Å². The van der Waals surface area contributed by atoms with Gasteiger partial charge in [0.2, 0.25) is 0 Å². The van der Waals surface area contributed by atoms with Gasteiger partial charge in [-0.05, 0) is 37.9 Å². The van der Waals surface area contributed by atoms with Crippen LogP contribution in [0.1, 0.15) is 33.1 Å². The molecular weight excluding hydrogens is 198 g/mol. The lowest BCUT2D eigenvalue weighted by Crippen LogP contribution is -2.27. The van der Waals surface area contributed by atoms with Crippen LogP contribution in [0, 0.1) is 5.41 Å². The molecule has 0 aromatic carbocycles. The highest BCUT2D eigenvalue weighted by molar-refractivity contribution is 5.22. The SMILES string of the molecule is C=NCN(CC)CC/C=C\[C@H](N)C1(C)CC1. The summed E-state index contributed by atoms with van der Waals surface area (Å²) in [5, 5.41) is 0. The van der Waals surface area contributed by atoms with Crippen molar-refractivity contribution in [3.8, 4) is 0 Å². The fraction of sp³-hybridized carbons (Fsp3) is 0.769. The minimum Gasteiger partial charge on any atom is -0.324 e. The van der Waals surface area contributed by atoms with Crippen LogP contribution in [0.15, 0.2) is 17.1 Å². The van der Waals surface area contributed by atoms with Gasteiger partial charge in [-0.25, -0.2) is 0 Å². The highest BCUT2D eigenvalue weighted by Crippen LogP contribution is 2.47. The Morgan fingerprint density at radius 3 is 2.75 bits per heavy atom. The van der Waals surface area contributed by atoms with Gasteiger partial charge < -0.3 is 5.73 Å². The highest BCUT2D eigenvalue weighted by Gasteiger charge is 2.41. The molecule has 0 spiro atoms. The average molecular weight is 223 g/mol. The van der Waals surface area contributed by atoms with Gasteiger partial charge in [-0.1, -0.05) is 26.0 Å². The Morgan fingerprint density at radius 1 is 1.56 bits per heavy atom. The quantitative estimate of drug-likeness (QED) is 0.505. The Bertz CT molecular complexity index is 244. The summed E-state index contributed by atoms with van der Waals surface area (Å²) in [7, 11) is 0. The van der Waals surface area contributed by atoms with Crippen molar-refractivity contribution in [2.45, 2.75) is 39.2 Å². The van der Waals surface area contributed by atoms with Gasteiger partial charge in [-0.3, -0.25) is 9.89 Å². The molecule has 3 nitrogen and oxygen atoms in total. The van der Waals surface area contributed by atoms with E-state index in [0.29, 0.717) is 5.41 Å². The van der Waals surface area contributed by atoms with Crippen LogP contribution >= 0.6 is 0 Å². The molecule has 0 aromatic rings. The molecule has 3 heteroatoms. The first-order valence-electron chi connectivity index (χ1n) is 6.19. The zero-order valence-corrected chi connectivity index (χ0v) is 10.7. The fourth-order valence-electron chi connectivity index (χ4n) is 1.73. The van der Waals surface area contributed by atoms with E-state index < -0.39 is 0 Å². The van der Waals surface area contributed by atoms with Crippen molar-refractivity contribution in [2.75, 3.05) is 19.8 Å². The van der Waals surface area contributed by atoms with Gasteiger partial charge in [0, 0.05) is 12.6 Å². The summed E-state index contributed by atoms with van der Waals surface area (Å²) in [6.45, 7) is 10.7. The summed E-state index contributed by atoms with van der Waals surface area (Å²) in [5.74, 6) is 0. The summed E-state index contributed by atoms with van der Waals surface area (Å²) < 4.78 is 0. The lowest BCUT2D eigenvalue weighted by atomic mass is 9.99. The molecule has 0 aliphatic heterocycles. The van der Waals surface area contributed by atoms with Crippen LogP contribution in [0.2, 0.25) is 0 Å². The smallest absolute Gasteiger partial charge is 0.0902 e. The maximum atomic E-state index is 6.09. The van der Waals surface area contributed by atoms with E-state index in [1.807, 2.05) is 0 Å². The number of aliphatic imine (C=N–C) groups is 1. The second kappa shape index (κ2) is 6.16. The summed E-state index contributed by atoms with van der Waals surface area (Å²) in [4.78, 5) is 6.16. The van der Waals surface area contributed by atoms with Crippen LogP contribution in [0.25, 0.3) is 0 Å². The Morgan fingerprint density at radius 2 is 2.25 bits per heavy atom. The minimum atomic E-state index is 0.236. The topological polar surface area (TPSA) is 41.6 Å². The molecule has 1 saturated carbocycles. The summed E-state index contributed by atoms with van der Waals surface area (Å²) in [6.07, 6.45) is 7.98. The zero-order chi connectivity index (χ0) is 12.0. The number of hydrogen-bond donors (Lipinski definition) is 1. The van der Waals surface area contributed by atoms with E-state index in [1.54, 1.807) is 0 Å². The summed E-state index contributed by atoms with van der Waals surface area (Å²) in [5.41, 5.74) is 6.48. The maximum absolute atomic E-state index is 6.09. The Hall–Kier alpha value is -0.670. The first kappa shape index (κ1) is 13.4. The van der Waals surface area contributed by atoms with Crippen molar-refractivity contribution >= 4 is 6.72 Å². The zero-order valence-electron chi connectivity index (χ0n) is 10.7. The Labute approximate surface area is 99.4 Å². The molecule has 16 heavy (non-hydrogen) atoms. The molecule has 1 aliphatic carbocycles. The third-order valence-electron chi connectivity index (χ3n) is 3.55. The first-order valence-corrected chi connectivity index (χ1v) is 6.19. The number of nitrogens with zero attached hydrogens (tertiary/aromatic N) is 2. The summed E-state index contributed by atoms with van der Waals surface area (Å²) in [6, 6.07) is 0.236. The van der Waals surface area contributed by atoms with Crippen LogP contribution in [-0.4, -0.2) is 37.4 Å². The predicted molar refractivity (Wildman–Crippen MR) is 70.7 cm³/mol. The normalized spacial score (nSPS) is 20.2. The molecule has 1 fully saturated rings. The van der Waals surface area contributed by atoms with Gasteiger partial charge in [0.1, 0.15) is 0 Å². The minimum absolute atomic E-state index is 0.236. The standard InChI is InChI=1S/C13H25N3/c1-4-16(11-15-3)10-6-5-7-12(14)13(2)8-9-13/h5,7,12H,3-4,6,8-11,14H2,1-2H3/b7-5-/t12-/m0/s1. The van der Waals surface area contributed by atoms with E-state index in [0.717, 1.165) is 26.2 Å². The van der Waals surface area contributed by atoms with Gasteiger partial charge in [0.25, 0.3) is 0 Å². The highest BCUT2D eigenvalue weighted by atomic mass is 15.2. The maximum Gasteiger partial charge on any atom is 0.0902 e. The summed E-state index contributed by atoms with van der Waals surface area (Å²) >= 11 is 0. The van der Waals surface area contributed by atoms with E-state index in [9.17, 15) is 0 Å². The first-order chi connectivity index (χ1) is 7.62. The molecule has 0 radical (unpaired) electrons. The fourth-order valence-corrected chi connectivity index (χ4v) is 1.73. The van der Waals surface area contributed by atoms with E-state index in [1.165, 1.54) is 12.8 Å². The largest absolute Gasteiger partial charge is 0.324 e. The predicted octanol–water partition coefficient (Wildman–Crippen LogP) is 2.04. The second-order valence-corrected chi connectivity index (χ2v) is 4.97. The van der Waals surface area contributed by atoms with Gasteiger partial charge in [0.15, 0.2) is 0 Å². The van der Waals surface area contributed by atoms with Gasteiger partial charge in [-0.2, -0.15) is 0 Å². The molecule has 0 aromatic heterocycles. The molecular formula is C13H25N3. The molecule has 0 amide bonds. The van der Waals surface area contributed by atoms with Crippen LogP contribution in [-0.2, 0) is 0 Å². The molecule has 0 unspecified atom stereocenters. The molecule has 2 N–H and O–H groups in total. The van der Waals surface area contributed by atoms with E-state index in [2.05, 4.69) is 42.6 Å². The molecule has 0 bridgehead atoms. The van der Waals surface area contributed by atoms with Crippen molar-refractivity contribution in [1.82, 2.24) is 4.90 Å². The molecule has 0 saturated heterocycles. The molecule has 1 atom stereocenters. The van der Waals surface area contributed by atoms with Crippen molar-refractivity contribution < 1.29 is 0 Å². The van der Waals surface area contributed by atoms with E-state index in [-0.39, 0.29) is 6.04 Å². The Balaban J connectivity index is 2.18. The second-order valence-electron chi connectivity index (χ2n) is 4.97. The van der Waals surface area contributed by atoms with Gasteiger partial charge in [0.05, 0.1) is 6.67 Å². The number of rotatable bonds is 8.